The lowest BCUT2D eigenvalue weighted by Crippen LogP contribution is -2.07. The molecule has 0 amide bonds. The molecule has 7 heteroatoms. The van der Waals surface area contributed by atoms with Gasteiger partial charge in [0.25, 0.3) is 0 Å². The molecule has 3 aromatic rings. The van der Waals surface area contributed by atoms with Gasteiger partial charge in [-0.25, -0.2) is 4.39 Å². The van der Waals surface area contributed by atoms with Crippen molar-refractivity contribution in [3.05, 3.63) is 59.5 Å². The first-order valence-electron chi connectivity index (χ1n) is 6.96. The average Bonchev–Trinajstić information content (AvgIpc) is 2.90. The number of aromatic nitrogens is 1. The van der Waals surface area contributed by atoms with Crippen LogP contribution in [-0.2, 0) is 17.4 Å². The minimum Gasteiger partial charge on any atom is -0.481 e. The van der Waals surface area contributed by atoms with Crippen LogP contribution in [0.5, 0.6) is 0 Å². The summed E-state index contributed by atoms with van der Waals surface area (Å²) in [5.41, 5.74) is -0.939. The van der Waals surface area contributed by atoms with Crippen molar-refractivity contribution in [2.24, 2.45) is 0 Å². The van der Waals surface area contributed by atoms with E-state index in [1.54, 1.807) is 0 Å². The fourth-order valence-corrected chi connectivity index (χ4v) is 2.72. The van der Waals surface area contributed by atoms with E-state index in [-0.39, 0.29) is 22.1 Å². The van der Waals surface area contributed by atoms with Crippen LogP contribution in [0.25, 0.3) is 22.0 Å². The zero-order valence-electron chi connectivity index (χ0n) is 12.1. The zero-order valence-corrected chi connectivity index (χ0v) is 12.1. The van der Waals surface area contributed by atoms with E-state index in [0.29, 0.717) is 5.52 Å². The highest BCUT2D eigenvalue weighted by Gasteiger charge is 2.34. The zero-order chi connectivity index (χ0) is 17.5. The lowest BCUT2D eigenvalue weighted by atomic mass is 9.96. The van der Waals surface area contributed by atoms with Crippen molar-refractivity contribution >= 4 is 16.9 Å². The van der Waals surface area contributed by atoms with Crippen molar-refractivity contribution in [1.82, 2.24) is 4.98 Å². The smallest absolute Gasteiger partial charge is 0.417 e. The van der Waals surface area contributed by atoms with Crippen LogP contribution < -0.4 is 0 Å². The third kappa shape index (κ3) is 2.73. The van der Waals surface area contributed by atoms with Gasteiger partial charge in [-0.15, -0.1) is 0 Å². The Morgan fingerprint density at radius 1 is 1.08 bits per heavy atom. The van der Waals surface area contributed by atoms with Crippen molar-refractivity contribution in [3.8, 4) is 11.1 Å². The Morgan fingerprint density at radius 2 is 1.79 bits per heavy atom. The van der Waals surface area contributed by atoms with E-state index in [1.165, 1.54) is 36.5 Å². The second kappa shape index (κ2) is 5.67. The van der Waals surface area contributed by atoms with Crippen LogP contribution in [0.3, 0.4) is 0 Å². The van der Waals surface area contributed by atoms with Crippen molar-refractivity contribution in [2.75, 3.05) is 0 Å². The molecule has 0 fully saturated rings. The van der Waals surface area contributed by atoms with Gasteiger partial charge in [-0.3, -0.25) is 4.79 Å². The molecule has 0 aliphatic heterocycles. The molecule has 3 nitrogen and oxygen atoms in total. The third-order valence-corrected chi connectivity index (χ3v) is 3.73. The predicted octanol–water partition coefficient (Wildman–Crippen LogP) is 4.62. The van der Waals surface area contributed by atoms with Crippen LogP contribution >= 0.6 is 0 Å². The van der Waals surface area contributed by atoms with Gasteiger partial charge < -0.3 is 10.1 Å². The number of carbonyl (C=O) groups is 1. The largest absolute Gasteiger partial charge is 0.481 e. The Kier molecular flexibility index (Phi) is 3.79. The Balaban J connectivity index is 2.26. The number of aliphatic carboxylic acids is 1. The maximum atomic E-state index is 14.9. The molecule has 3 rings (SSSR count). The number of nitrogens with one attached hydrogen (secondary N) is 1. The maximum Gasteiger partial charge on any atom is 0.417 e. The highest BCUT2D eigenvalue weighted by molar-refractivity contribution is 5.91. The van der Waals surface area contributed by atoms with Crippen molar-refractivity contribution < 1.29 is 27.5 Å². The molecule has 1 aromatic heterocycles. The molecule has 0 saturated carbocycles. The van der Waals surface area contributed by atoms with Crippen LogP contribution in [0, 0.1) is 5.82 Å². The summed E-state index contributed by atoms with van der Waals surface area (Å²) in [4.78, 5) is 13.6. The Hall–Kier alpha value is -2.83. The van der Waals surface area contributed by atoms with Gasteiger partial charge in [0.15, 0.2) is 0 Å². The van der Waals surface area contributed by atoms with Gasteiger partial charge in [0, 0.05) is 22.7 Å². The number of rotatable bonds is 3. The monoisotopic (exact) mass is 337 g/mol. The Bertz CT molecular complexity index is 928. The fraction of sp³-hybridized carbons (Fsp3) is 0.118. The van der Waals surface area contributed by atoms with Crippen LogP contribution in [-0.4, -0.2) is 16.1 Å². The summed E-state index contributed by atoms with van der Waals surface area (Å²) in [6.45, 7) is 0. The molecule has 0 radical (unpaired) electrons. The van der Waals surface area contributed by atoms with Crippen LogP contribution in [0.4, 0.5) is 17.6 Å². The van der Waals surface area contributed by atoms with Crippen molar-refractivity contribution in [3.63, 3.8) is 0 Å². The summed E-state index contributed by atoms with van der Waals surface area (Å²) in [5, 5.41) is 8.88. The molecule has 124 valence electrons. The van der Waals surface area contributed by atoms with Crippen LogP contribution in [0.15, 0.2) is 42.6 Å². The maximum absolute atomic E-state index is 14.9. The molecular weight excluding hydrogens is 326 g/mol. The summed E-state index contributed by atoms with van der Waals surface area (Å²) in [5.74, 6) is -2.03. The third-order valence-electron chi connectivity index (χ3n) is 3.73. The second-order valence-corrected chi connectivity index (χ2v) is 5.28. The summed E-state index contributed by atoms with van der Waals surface area (Å²) >= 11 is 0. The molecule has 2 N–H and O–H groups in total. The number of hydrogen-bond acceptors (Lipinski definition) is 1. The van der Waals surface area contributed by atoms with Gasteiger partial charge >= 0.3 is 12.1 Å². The highest BCUT2D eigenvalue weighted by atomic mass is 19.4. The van der Waals surface area contributed by atoms with Gasteiger partial charge in [-0.2, -0.15) is 13.2 Å². The highest BCUT2D eigenvalue weighted by Crippen LogP contribution is 2.39. The lowest BCUT2D eigenvalue weighted by Gasteiger charge is -2.14. The van der Waals surface area contributed by atoms with E-state index in [0.717, 1.165) is 6.07 Å². The molecule has 0 spiro atoms. The topological polar surface area (TPSA) is 53.1 Å². The molecule has 0 aliphatic rings. The molecule has 0 atom stereocenters. The molecule has 0 aliphatic carbocycles. The molecular formula is C17H11F4NO2. The van der Waals surface area contributed by atoms with Crippen molar-refractivity contribution in [1.29, 1.82) is 0 Å². The van der Waals surface area contributed by atoms with Crippen LogP contribution in [0.2, 0.25) is 0 Å². The number of carboxylic acid groups (broad SMARTS) is 1. The average molecular weight is 337 g/mol. The first kappa shape index (κ1) is 16.0. The minimum atomic E-state index is -4.62. The lowest BCUT2D eigenvalue weighted by molar-refractivity contribution is -0.137. The van der Waals surface area contributed by atoms with Gasteiger partial charge in [0.1, 0.15) is 5.82 Å². The van der Waals surface area contributed by atoms with E-state index >= 15 is 0 Å². The standard InChI is InChI=1S/C17H11F4NO2/c18-16-11(10-3-1-2-4-12(10)17(19,20)21)5-6-13-15(16)9(8-22-13)7-14(23)24/h1-6,8,22H,7H2,(H,23,24). The Labute approximate surface area is 133 Å². The van der Waals surface area contributed by atoms with Crippen LogP contribution in [0.1, 0.15) is 11.1 Å². The molecule has 24 heavy (non-hydrogen) atoms. The van der Waals surface area contributed by atoms with Gasteiger partial charge in [0.05, 0.1) is 12.0 Å². The number of halogens is 4. The summed E-state index contributed by atoms with van der Waals surface area (Å²) < 4.78 is 54.4. The van der Waals surface area contributed by atoms with E-state index < -0.39 is 29.9 Å². The molecule has 2 aromatic carbocycles. The van der Waals surface area contributed by atoms with E-state index in [2.05, 4.69) is 4.98 Å². The second-order valence-electron chi connectivity index (χ2n) is 5.28. The number of H-pyrrole nitrogens is 1. The summed E-state index contributed by atoms with van der Waals surface area (Å²) in [7, 11) is 0. The summed E-state index contributed by atoms with van der Waals surface area (Å²) in [6, 6.07) is 7.39. The predicted molar refractivity (Wildman–Crippen MR) is 80.0 cm³/mol. The quantitative estimate of drug-likeness (QED) is 0.685. The van der Waals surface area contributed by atoms with E-state index in [9.17, 15) is 22.4 Å². The molecule has 0 unspecified atom stereocenters. The van der Waals surface area contributed by atoms with E-state index in [4.69, 9.17) is 5.11 Å². The number of aromatic amines is 1. The first-order valence-corrected chi connectivity index (χ1v) is 6.96. The van der Waals surface area contributed by atoms with Crippen molar-refractivity contribution in [2.45, 2.75) is 12.6 Å². The van der Waals surface area contributed by atoms with E-state index in [1.807, 2.05) is 0 Å². The van der Waals surface area contributed by atoms with Gasteiger partial charge in [0.2, 0.25) is 0 Å². The summed E-state index contributed by atoms with van der Waals surface area (Å²) in [6.07, 6.45) is -3.71. The SMILES string of the molecule is O=C(O)Cc1c[nH]c2ccc(-c3ccccc3C(F)(F)F)c(F)c12. The number of carboxylic acids is 1. The van der Waals surface area contributed by atoms with Gasteiger partial charge in [-0.1, -0.05) is 18.2 Å². The number of alkyl halides is 3. The molecule has 0 saturated heterocycles. The number of benzene rings is 2. The fourth-order valence-electron chi connectivity index (χ4n) is 2.72. The number of fused-ring (bicyclic) bond motifs is 1. The molecule has 1 heterocycles. The normalized spacial score (nSPS) is 11.8. The first-order chi connectivity index (χ1) is 11.3. The molecule has 0 bridgehead atoms. The van der Waals surface area contributed by atoms with Gasteiger partial charge in [-0.05, 0) is 29.3 Å². The number of hydrogen-bond donors (Lipinski definition) is 2. The Morgan fingerprint density at radius 3 is 2.46 bits per heavy atom. The minimum absolute atomic E-state index is 0.00752.